The van der Waals surface area contributed by atoms with Crippen LogP contribution in [0, 0.1) is 47.6 Å². The van der Waals surface area contributed by atoms with E-state index in [1.54, 1.807) is 0 Å². The Morgan fingerprint density at radius 1 is 0.482 bits per heavy atom. The Labute approximate surface area is 357 Å². The van der Waals surface area contributed by atoms with E-state index in [1.165, 1.54) is 110 Å². The van der Waals surface area contributed by atoms with E-state index in [9.17, 15) is 0 Å². The second-order valence-electron chi connectivity index (χ2n) is 16.1. The first-order valence-corrected chi connectivity index (χ1v) is 20.8. The van der Waals surface area contributed by atoms with Crippen LogP contribution in [-0.2, 0) is 25.8 Å². The summed E-state index contributed by atoms with van der Waals surface area (Å²) >= 11 is 0. The minimum Gasteiger partial charge on any atom is -0.184 e. The van der Waals surface area contributed by atoms with Gasteiger partial charge in [0.1, 0.15) is 0 Å². The molecular formula is C54H53HfSi-3. The van der Waals surface area contributed by atoms with Crippen LogP contribution in [0.25, 0.3) is 54.9 Å². The van der Waals surface area contributed by atoms with E-state index in [4.69, 9.17) is 0 Å². The summed E-state index contributed by atoms with van der Waals surface area (Å²) in [6, 6.07) is 50.1. The van der Waals surface area contributed by atoms with Crippen molar-refractivity contribution in [2.45, 2.75) is 81.1 Å². The monoisotopic (exact) mass is 909 g/mol. The number of hydrogen-bond acceptors (Lipinski definition) is 0. The molecule has 0 bridgehead atoms. The largest absolute Gasteiger partial charge is 0.184 e. The summed E-state index contributed by atoms with van der Waals surface area (Å²) in [6.07, 6.45) is 0. The number of fused-ring (bicyclic) bond motifs is 5. The van der Waals surface area contributed by atoms with Gasteiger partial charge in [0, 0.05) is 25.8 Å². The average Bonchev–Trinajstić information content (AvgIpc) is 3.91. The quantitative estimate of drug-likeness (QED) is 0.122. The predicted molar refractivity (Wildman–Crippen MR) is 242 cm³/mol. The van der Waals surface area contributed by atoms with Crippen molar-refractivity contribution in [1.29, 1.82) is 0 Å². The van der Waals surface area contributed by atoms with Crippen LogP contribution in [0.3, 0.4) is 0 Å². The van der Waals surface area contributed by atoms with Gasteiger partial charge in [0.05, 0.1) is 9.52 Å². The molecular weight excluding hydrogens is 855 g/mol. The number of benzene rings is 6. The normalized spacial score (nSPS) is 11.5. The van der Waals surface area contributed by atoms with Gasteiger partial charge < -0.3 is 0 Å². The van der Waals surface area contributed by atoms with E-state index in [0.717, 1.165) is 9.52 Å². The topological polar surface area (TPSA) is 0 Å². The van der Waals surface area contributed by atoms with E-state index in [1.807, 2.05) is 6.07 Å². The molecule has 56 heavy (non-hydrogen) atoms. The molecule has 0 nitrogen and oxygen atoms in total. The molecule has 1 aliphatic rings. The third-order valence-electron chi connectivity index (χ3n) is 11.4. The van der Waals surface area contributed by atoms with Crippen LogP contribution >= 0.6 is 0 Å². The summed E-state index contributed by atoms with van der Waals surface area (Å²) in [5, 5.41) is 8.30. The third kappa shape index (κ3) is 8.48. The number of aryl methyl sites for hydroxylation is 4. The van der Waals surface area contributed by atoms with E-state index in [0.29, 0.717) is 11.8 Å². The summed E-state index contributed by atoms with van der Waals surface area (Å²) < 4.78 is 0. The zero-order valence-corrected chi connectivity index (χ0v) is 39.4. The molecule has 8 aromatic rings. The van der Waals surface area contributed by atoms with Crippen molar-refractivity contribution in [2.75, 3.05) is 0 Å². The van der Waals surface area contributed by atoms with Gasteiger partial charge >= 0.3 is 0 Å². The standard InChI is InChI=1S/2C21H23.C12H7Si.Hf/c2*1-13(2)18-11-17-7-6-8-19(21(17)12-18)20-10-14(3)9-15(4)16(20)5;1-3-7-11-9(5-1)10-6-2-4-8-12(10)13-11;/h2*6-13H,1-5H3;1-7H;/q3*-1;. The van der Waals surface area contributed by atoms with Gasteiger partial charge in [-0.15, -0.1) is 74.6 Å². The second kappa shape index (κ2) is 17.4. The molecule has 0 unspecified atom stereocenters. The van der Waals surface area contributed by atoms with Crippen LogP contribution in [-0.4, -0.2) is 9.52 Å². The van der Waals surface area contributed by atoms with Gasteiger partial charge in [-0.2, -0.15) is 41.6 Å². The van der Waals surface area contributed by atoms with Crippen molar-refractivity contribution in [2.24, 2.45) is 0 Å². The second-order valence-corrected chi connectivity index (χ2v) is 17.4. The molecule has 0 N–H and O–H groups in total. The SMILES string of the molecule is Cc1cc(C)c(C)c(-c2cccc3[cH-]c(C(C)C)cc23)c1.Cc1cc(C)c(C)c(-c2cccc3[cH-]c(C(C)C)cc23)c1.[Hf].[c-]1cccc2c1[Si]c1ccccc1-2. The maximum atomic E-state index is 3.31. The molecule has 8 aromatic carbocycles. The van der Waals surface area contributed by atoms with E-state index in [2.05, 4.69) is 197 Å². The van der Waals surface area contributed by atoms with Gasteiger partial charge in [-0.05, 0) is 86.8 Å². The molecule has 1 heterocycles. The zero-order chi connectivity index (χ0) is 39.0. The number of rotatable bonds is 4. The van der Waals surface area contributed by atoms with Gasteiger partial charge in [-0.1, -0.05) is 121 Å². The molecule has 2 radical (unpaired) electrons. The summed E-state index contributed by atoms with van der Waals surface area (Å²) in [5.74, 6) is 1.15. The summed E-state index contributed by atoms with van der Waals surface area (Å²) in [4.78, 5) is 0. The molecule has 0 amide bonds. The van der Waals surface area contributed by atoms with Crippen LogP contribution in [0.2, 0.25) is 0 Å². The van der Waals surface area contributed by atoms with Gasteiger partial charge in [-0.3, -0.25) is 0 Å². The van der Waals surface area contributed by atoms with Crippen molar-refractivity contribution in [1.82, 2.24) is 0 Å². The summed E-state index contributed by atoms with van der Waals surface area (Å²) in [7, 11) is 0.795. The molecule has 1 aliphatic heterocycles. The average molecular weight is 909 g/mol. The Morgan fingerprint density at radius 3 is 1.45 bits per heavy atom. The Kier molecular flexibility index (Phi) is 12.8. The maximum absolute atomic E-state index is 3.31. The molecule has 0 saturated carbocycles. The van der Waals surface area contributed by atoms with Crippen molar-refractivity contribution in [3.8, 4) is 33.4 Å². The molecule has 9 rings (SSSR count). The Balaban J connectivity index is 0.000000145. The van der Waals surface area contributed by atoms with Crippen LogP contribution in [0.4, 0.5) is 0 Å². The Hall–Kier alpha value is -4.37. The van der Waals surface area contributed by atoms with Crippen LogP contribution in [0.1, 0.15) is 84.0 Å². The van der Waals surface area contributed by atoms with Crippen molar-refractivity contribution < 1.29 is 25.8 Å². The van der Waals surface area contributed by atoms with E-state index >= 15 is 0 Å². The van der Waals surface area contributed by atoms with E-state index < -0.39 is 0 Å². The van der Waals surface area contributed by atoms with Crippen molar-refractivity contribution >= 4 is 41.4 Å². The van der Waals surface area contributed by atoms with Gasteiger partial charge in [-0.25, -0.2) is 0 Å². The van der Waals surface area contributed by atoms with Crippen molar-refractivity contribution in [3.05, 3.63) is 178 Å². The first-order valence-electron chi connectivity index (χ1n) is 19.8. The fourth-order valence-corrected chi connectivity index (χ4v) is 9.33. The minimum absolute atomic E-state index is 0. The molecule has 0 aromatic heterocycles. The maximum Gasteiger partial charge on any atom is 0.0920 e. The molecule has 280 valence electrons. The summed E-state index contributed by atoms with van der Waals surface area (Å²) in [6.45, 7) is 22.3. The first-order chi connectivity index (χ1) is 26.4. The fourth-order valence-electron chi connectivity index (χ4n) is 8.02. The van der Waals surface area contributed by atoms with E-state index in [-0.39, 0.29) is 25.8 Å². The first kappa shape index (κ1) is 41.3. The number of hydrogen-bond donors (Lipinski definition) is 0. The van der Waals surface area contributed by atoms with Crippen molar-refractivity contribution in [3.63, 3.8) is 0 Å². The molecule has 0 atom stereocenters. The van der Waals surface area contributed by atoms with Gasteiger partial charge in [0.2, 0.25) is 0 Å². The Morgan fingerprint density at radius 2 is 0.946 bits per heavy atom. The van der Waals surface area contributed by atoms with Crippen LogP contribution in [0.5, 0.6) is 0 Å². The van der Waals surface area contributed by atoms with Gasteiger partial charge in [0.25, 0.3) is 0 Å². The fraction of sp³-hybridized carbons (Fsp3) is 0.222. The molecule has 0 fully saturated rings. The summed E-state index contributed by atoms with van der Waals surface area (Å²) in [5.41, 5.74) is 19.3. The molecule has 0 aliphatic carbocycles. The third-order valence-corrected chi connectivity index (χ3v) is 12.8. The minimum atomic E-state index is 0. The van der Waals surface area contributed by atoms with Gasteiger partial charge in [0.15, 0.2) is 0 Å². The van der Waals surface area contributed by atoms with Crippen LogP contribution in [0.15, 0.2) is 127 Å². The van der Waals surface area contributed by atoms with Crippen LogP contribution < -0.4 is 10.4 Å². The zero-order valence-electron chi connectivity index (χ0n) is 34.8. The molecule has 0 saturated heterocycles. The smallest absolute Gasteiger partial charge is 0.0920 e. The molecule has 2 heteroatoms. The Bertz CT molecular complexity index is 2460. The predicted octanol–water partition coefficient (Wildman–Crippen LogP) is 13.7. The molecule has 0 spiro atoms.